The zero-order valence-electron chi connectivity index (χ0n) is 14.2. The van der Waals surface area contributed by atoms with Gasteiger partial charge in [0.15, 0.2) is 0 Å². The van der Waals surface area contributed by atoms with Gasteiger partial charge in [0.25, 0.3) is 0 Å². The highest BCUT2D eigenvalue weighted by molar-refractivity contribution is 7.89. The molecule has 2 aliphatic heterocycles. The molecule has 7 nitrogen and oxygen atoms in total. The molecule has 26 heavy (non-hydrogen) atoms. The number of aromatic nitrogens is 2. The summed E-state index contributed by atoms with van der Waals surface area (Å²) in [5.41, 5.74) is 0. The van der Waals surface area contributed by atoms with Crippen LogP contribution in [0.2, 0.25) is 5.02 Å². The van der Waals surface area contributed by atoms with Crippen LogP contribution in [0.3, 0.4) is 0 Å². The van der Waals surface area contributed by atoms with Crippen LogP contribution in [0.15, 0.2) is 41.4 Å². The van der Waals surface area contributed by atoms with Gasteiger partial charge in [0, 0.05) is 38.4 Å². The molecule has 138 valence electrons. The first-order chi connectivity index (χ1) is 12.5. The van der Waals surface area contributed by atoms with E-state index in [1.54, 1.807) is 47.9 Å². The number of fused-ring (bicyclic) bond motifs is 1. The van der Waals surface area contributed by atoms with Gasteiger partial charge in [-0.15, -0.1) is 0 Å². The quantitative estimate of drug-likeness (QED) is 0.788. The maximum absolute atomic E-state index is 12.9. The van der Waals surface area contributed by atoms with Crippen molar-refractivity contribution in [1.82, 2.24) is 14.3 Å². The van der Waals surface area contributed by atoms with Gasteiger partial charge in [0.05, 0.1) is 12.1 Å². The van der Waals surface area contributed by atoms with Crippen LogP contribution in [-0.2, 0) is 10.0 Å². The Kier molecular flexibility index (Phi) is 4.50. The first-order valence-electron chi connectivity index (χ1n) is 8.35. The lowest BCUT2D eigenvalue weighted by molar-refractivity contribution is 0.396. The number of hydrogen-bond acceptors (Lipinski definition) is 6. The number of hydrogen-bond donors (Lipinski definition) is 0. The molecule has 9 heteroatoms. The molecule has 0 spiro atoms. The van der Waals surface area contributed by atoms with Crippen molar-refractivity contribution in [1.29, 1.82) is 0 Å². The van der Waals surface area contributed by atoms with Crippen molar-refractivity contribution in [3.63, 3.8) is 0 Å². The number of benzene rings is 1. The zero-order chi connectivity index (χ0) is 18.3. The summed E-state index contributed by atoms with van der Waals surface area (Å²) in [6.07, 6.45) is 1.67. The van der Waals surface area contributed by atoms with Crippen LogP contribution in [0.25, 0.3) is 0 Å². The highest BCUT2D eigenvalue weighted by Crippen LogP contribution is 2.36. The Labute approximate surface area is 157 Å². The largest absolute Gasteiger partial charge is 0.481 e. The normalized spacial score (nSPS) is 23.2. The maximum atomic E-state index is 12.9. The first-order valence-corrected chi connectivity index (χ1v) is 10.2. The number of halogens is 1. The van der Waals surface area contributed by atoms with Crippen LogP contribution in [0.5, 0.6) is 5.88 Å². The summed E-state index contributed by atoms with van der Waals surface area (Å²) in [5.74, 6) is 1.65. The average molecular weight is 395 g/mol. The van der Waals surface area contributed by atoms with Crippen molar-refractivity contribution in [3.05, 3.63) is 41.6 Å². The number of nitrogens with zero attached hydrogens (tertiary/aromatic N) is 4. The molecule has 0 bridgehead atoms. The molecule has 0 amide bonds. The molecular formula is C17H19ClN4O3S. The number of anilines is 1. The van der Waals surface area contributed by atoms with E-state index in [9.17, 15) is 8.42 Å². The Morgan fingerprint density at radius 3 is 2.46 bits per heavy atom. The summed E-state index contributed by atoms with van der Waals surface area (Å²) in [6, 6.07) is 8.29. The summed E-state index contributed by atoms with van der Waals surface area (Å²) in [5, 5.41) is 0.260. The molecule has 0 radical (unpaired) electrons. The summed E-state index contributed by atoms with van der Waals surface area (Å²) in [4.78, 5) is 11.0. The molecule has 0 saturated carbocycles. The summed E-state index contributed by atoms with van der Waals surface area (Å²) < 4.78 is 32.5. The van der Waals surface area contributed by atoms with Gasteiger partial charge >= 0.3 is 0 Å². The second-order valence-electron chi connectivity index (χ2n) is 6.58. The molecule has 4 rings (SSSR count). The van der Waals surface area contributed by atoms with Crippen LogP contribution in [0.4, 0.5) is 5.95 Å². The van der Waals surface area contributed by atoms with Gasteiger partial charge in [-0.1, -0.05) is 23.7 Å². The third kappa shape index (κ3) is 3.02. The Hall–Kier alpha value is -1.90. The number of methoxy groups -OCH3 is 1. The maximum Gasteiger partial charge on any atom is 0.244 e. The van der Waals surface area contributed by atoms with E-state index in [2.05, 4.69) is 14.9 Å². The molecule has 2 unspecified atom stereocenters. The predicted molar refractivity (Wildman–Crippen MR) is 98.0 cm³/mol. The zero-order valence-corrected chi connectivity index (χ0v) is 15.8. The van der Waals surface area contributed by atoms with E-state index >= 15 is 0 Å². The highest BCUT2D eigenvalue weighted by Gasteiger charge is 2.45. The number of rotatable bonds is 4. The van der Waals surface area contributed by atoms with Gasteiger partial charge in [0.2, 0.25) is 21.9 Å². The molecule has 1 aromatic heterocycles. The molecule has 3 heterocycles. The van der Waals surface area contributed by atoms with Crippen molar-refractivity contribution in [3.8, 4) is 5.88 Å². The fourth-order valence-electron chi connectivity index (χ4n) is 3.70. The minimum absolute atomic E-state index is 0.176. The smallest absolute Gasteiger partial charge is 0.244 e. The van der Waals surface area contributed by atoms with Gasteiger partial charge < -0.3 is 9.64 Å². The predicted octanol–water partition coefficient (Wildman–Crippen LogP) is 1.90. The monoisotopic (exact) mass is 394 g/mol. The molecule has 2 aromatic rings. The number of ether oxygens (including phenoxy) is 1. The summed E-state index contributed by atoms with van der Waals surface area (Å²) >= 11 is 6.10. The highest BCUT2D eigenvalue weighted by atomic mass is 35.5. The number of sulfonamides is 1. The van der Waals surface area contributed by atoms with Crippen molar-refractivity contribution in [2.45, 2.75) is 4.90 Å². The van der Waals surface area contributed by atoms with Crippen LogP contribution < -0.4 is 9.64 Å². The van der Waals surface area contributed by atoms with E-state index in [1.165, 1.54) is 0 Å². The standard InChI is InChI=1S/C17H19ClN4O3S/c1-25-16-6-7-19-17(20-16)21-8-12-10-22(11-13(12)9-21)26(23,24)15-5-3-2-4-14(15)18/h2-7,12-13H,8-11H2,1H3. The molecule has 2 atom stereocenters. The molecular weight excluding hydrogens is 376 g/mol. The third-order valence-corrected chi connectivity index (χ3v) is 7.35. The van der Waals surface area contributed by atoms with Gasteiger partial charge in [-0.25, -0.2) is 13.4 Å². The summed E-state index contributed by atoms with van der Waals surface area (Å²) in [6.45, 7) is 2.43. The lowest BCUT2D eigenvalue weighted by Gasteiger charge is -2.22. The Bertz CT molecular complexity index is 910. The summed E-state index contributed by atoms with van der Waals surface area (Å²) in [7, 11) is -2.00. The van der Waals surface area contributed by atoms with E-state index in [0.29, 0.717) is 24.9 Å². The fraction of sp³-hybridized carbons (Fsp3) is 0.412. The lowest BCUT2D eigenvalue weighted by Crippen LogP contribution is -2.33. The second-order valence-corrected chi connectivity index (χ2v) is 8.89. The molecule has 2 aliphatic rings. The van der Waals surface area contributed by atoms with Crippen molar-refractivity contribution >= 4 is 27.6 Å². The van der Waals surface area contributed by atoms with E-state index in [-0.39, 0.29) is 21.8 Å². The minimum Gasteiger partial charge on any atom is -0.481 e. The van der Waals surface area contributed by atoms with Gasteiger partial charge in [0.1, 0.15) is 4.90 Å². The second kappa shape index (κ2) is 6.68. The SMILES string of the molecule is COc1ccnc(N2CC3CN(S(=O)(=O)c4ccccc4Cl)CC3C2)n1. The van der Waals surface area contributed by atoms with E-state index < -0.39 is 10.0 Å². The van der Waals surface area contributed by atoms with Crippen molar-refractivity contribution in [2.24, 2.45) is 11.8 Å². The Morgan fingerprint density at radius 1 is 1.12 bits per heavy atom. The van der Waals surface area contributed by atoms with Crippen LogP contribution in [0, 0.1) is 11.8 Å². The third-order valence-electron chi connectivity index (χ3n) is 5.02. The minimum atomic E-state index is -3.57. The van der Waals surface area contributed by atoms with Crippen LogP contribution >= 0.6 is 11.6 Å². The lowest BCUT2D eigenvalue weighted by atomic mass is 10.0. The van der Waals surface area contributed by atoms with Crippen molar-refractivity contribution in [2.75, 3.05) is 38.2 Å². The van der Waals surface area contributed by atoms with Gasteiger partial charge in [-0.3, -0.25) is 0 Å². The Balaban J connectivity index is 1.49. The van der Waals surface area contributed by atoms with E-state index in [1.807, 2.05) is 0 Å². The van der Waals surface area contributed by atoms with Crippen molar-refractivity contribution < 1.29 is 13.2 Å². The van der Waals surface area contributed by atoms with Crippen LogP contribution in [0.1, 0.15) is 0 Å². The molecule has 0 N–H and O–H groups in total. The van der Waals surface area contributed by atoms with E-state index in [0.717, 1.165) is 13.1 Å². The average Bonchev–Trinajstić information content (AvgIpc) is 3.21. The first kappa shape index (κ1) is 17.5. The van der Waals surface area contributed by atoms with Crippen LogP contribution in [-0.4, -0.2) is 56.0 Å². The van der Waals surface area contributed by atoms with E-state index in [4.69, 9.17) is 16.3 Å². The van der Waals surface area contributed by atoms with Gasteiger partial charge in [-0.05, 0) is 24.0 Å². The van der Waals surface area contributed by atoms with Gasteiger partial charge in [-0.2, -0.15) is 9.29 Å². The topological polar surface area (TPSA) is 75.6 Å². The molecule has 0 aliphatic carbocycles. The molecule has 1 aromatic carbocycles. The molecule has 2 fully saturated rings. The Morgan fingerprint density at radius 2 is 1.81 bits per heavy atom. The molecule has 2 saturated heterocycles. The fourth-order valence-corrected chi connectivity index (χ4v) is 5.75.